The van der Waals surface area contributed by atoms with Crippen LogP contribution >= 0.6 is 0 Å². The zero-order chi connectivity index (χ0) is 13.3. The zero-order valence-electron chi connectivity index (χ0n) is 10.8. The first-order valence-corrected chi connectivity index (χ1v) is 5.82. The van der Waals surface area contributed by atoms with Crippen LogP contribution in [0.5, 0.6) is 0 Å². The molecule has 1 saturated carbocycles. The molecular weight excluding hydrogens is 234 g/mol. The van der Waals surface area contributed by atoms with Gasteiger partial charge < -0.3 is 15.2 Å². The number of nitrogens with two attached hydrogens (primary N) is 1. The van der Waals surface area contributed by atoms with Crippen molar-refractivity contribution < 1.29 is 14.3 Å². The summed E-state index contributed by atoms with van der Waals surface area (Å²) in [5.41, 5.74) is 6.13. The van der Waals surface area contributed by atoms with Crippen molar-refractivity contribution in [3.05, 3.63) is 17.1 Å². The van der Waals surface area contributed by atoms with Gasteiger partial charge in [0.05, 0.1) is 12.8 Å². The van der Waals surface area contributed by atoms with Gasteiger partial charge in [-0.15, -0.1) is 0 Å². The fraction of sp³-hybridized carbons (Fsp3) is 0.583. The molecule has 18 heavy (non-hydrogen) atoms. The SMILES string of the molecule is COC(=O)c1c(C)nc(C2(OC)CCC2)nc1N. The largest absolute Gasteiger partial charge is 0.465 e. The fourth-order valence-electron chi connectivity index (χ4n) is 2.17. The van der Waals surface area contributed by atoms with Crippen LogP contribution in [-0.2, 0) is 15.1 Å². The molecule has 0 saturated heterocycles. The predicted octanol–water partition coefficient (Wildman–Crippen LogP) is 1.18. The van der Waals surface area contributed by atoms with Gasteiger partial charge in [-0.3, -0.25) is 0 Å². The zero-order valence-corrected chi connectivity index (χ0v) is 10.8. The Hall–Kier alpha value is -1.69. The number of hydrogen-bond donors (Lipinski definition) is 1. The minimum absolute atomic E-state index is 0.146. The quantitative estimate of drug-likeness (QED) is 0.812. The summed E-state index contributed by atoms with van der Waals surface area (Å²) in [6.45, 7) is 1.72. The lowest BCUT2D eigenvalue weighted by molar-refractivity contribution is -0.0846. The average molecular weight is 251 g/mol. The van der Waals surface area contributed by atoms with E-state index in [0.717, 1.165) is 19.3 Å². The van der Waals surface area contributed by atoms with E-state index < -0.39 is 11.6 Å². The molecule has 0 aliphatic heterocycles. The standard InChI is InChI=1S/C12H17N3O3/c1-7-8(10(16)17-2)9(13)15-11(14-7)12(18-3)5-4-6-12/h4-6H2,1-3H3,(H2,13,14,15). The number of ether oxygens (including phenoxy) is 2. The van der Waals surface area contributed by atoms with Gasteiger partial charge >= 0.3 is 5.97 Å². The van der Waals surface area contributed by atoms with E-state index in [4.69, 9.17) is 10.5 Å². The lowest BCUT2D eigenvalue weighted by Crippen LogP contribution is -2.38. The van der Waals surface area contributed by atoms with Crippen molar-refractivity contribution in [1.82, 2.24) is 9.97 Å². The van der Waals surface area contributed by atoms with Gasteiger partial charge in [0.15, 0.2) is 5.82 Å². The molecule has 2 N–H and O–H groups in total. The first kappa shape index (κ1) is 12.8. The van der Waals surface area contributed by atoms with Crippen LogP contribution in [0.2, 0.25) is 0 Å². The van der Waals surface area contributed by atoms with Gasteiger partial charge in [0.25, 0.3) is 0 Å². The third kappa shape index (κ3) is 1.82. The van der Waals surface area contributed by atoms with Gasteiger partial charge in [0.2, 0.25) is 0 Å². The van der Waals surface area contributed by atoms with Crippen molar-refractivity contribution in [3.63, 3.8) is 0 Å². The summed E-state index contributed by atoms with van der Waals surface area (Å²) in [4.78, 5) is 20.1. The summed E-state index contributed by atoms with van der Waals surface area (Å²) in [7, 11) is 2.94. The highest BCUT2D eigenvalue weighted by Gasteiger charge is 2.42. The third-order valence-corrected chi connectivity index (χ3v) is 3.47. The minimum atomic E-state index is -0.517. The Kier molecular flexibility index (Phi) is 3.21. The van der Waals surface area contributed by atoms with Gasteiger partial charge in [0, 0.05) is 7.11 Å². The molecule has 98 valence electrons. The number of hydrogen-bond acceptors (Lipinski definition) is 6. The highest BCUT2D eigenvalue weighted by Crippen LogP contribution is 2.43. The molecule has 0 atom stereocenters. The second-order valence-electron chi connectivity index (χ2n) is 4.44. The molecule has 0 unspecified atom stereocenters. The van der Waals surface area contributed by atoms with Crippen LogP contribution in [0.1, 0.15) is 41.1 Å². The second-order valence-corrected chi connectivity index (χ2v) is 4.44. The molecule has 1 aromatic rings. The number of esters is 1. The first-order valence-electron chi connectivity index (χ1n) is 5.82. The maximum Gasteiger partial charge on any atom is 0.343 e. The van der Waals surface area contributed by atoms with Crippen LogP contribution in [0.25, 0.3) is 0 Å². The summed E-state index contributed by atoms with van der Waals surface area (Å²) in [5.74, 6) is 0.184. The lowest BCUT2D eigenvalue weighted by atomic mass is 9.79. The Morgan fingerprint density at radius 2 is 2.00 bits per heavy atom. The summed E-state index contributed by atoms with van der Waals surface area (Å²) >= 11 is 0. The summed E-state index contributed by atoms with van der Waals surface area (Å²) in [5, 5.41) is 0. The van der Waals surface area contributed by atoms with E-state index in [2.05, 4.69) is 14.7 Å². The third-order valence-electron chi connectivity index (χ3n) is 3.47. The van der Waals surface area contributed by atoms with Gasteiger partial charge in [-0.05, 0) is 26.2 Å². The van der Waals surface area contributed by atoms with Gasteiger partial charge in [0.1, 0.15) is 17.0 Å². The van der Waals surface area contributed by atoms with E-state index in [0.29, 0.717) is 11.5 Å². The van der Waals surface area contributed by atoms with Crippen LogP contribution in [0.4, 0.5) is 5.82 Å². The lowest BCUT2D eigenvalue weighted by Gasteiger charge is -2.39. The highest BCUT2D eigenvalue weighted by molar-refractivity contribution is 5.95. The highest BCUT2D eigenvalue weighted by atomic mass is 16.5. The Morgan fingerprint density at radius 3 is 2.39 bits per heavy atom. The predicted molar refractivity (Wildman–Crippen MR) is 65.1 cm³/mol. The van der Waals surface area contributed by atoms with Crippen molar-refractivity contribution in [1.29, 1.82) is 0 Å². The van der Waals surface area contributed by atoms with Gasteiger partial charge in [-0.2, -0.15) is 0 Å². The van der Waals surface area contributed by atoms with Crippen molar-refractivity contribution in [3.8, 4) is 0 Å². The molecule has 0 bridgehead atoms. The molecule has 0 radical (unpaired) electrons. The van der Waals surface area contributed by atoms with Crippen molar-refractivity contribution in [2.75, 3.05) is 20.0 Å². The number of aromatic nitrogens is 2. The number of aryl methyl sites for hydroxylation is 1. The number of carbonyl (C=O) groups is 1. The van der Waals surface area contributed by atoms with Crippen LogP contribution in [-0.4, -0.2) is 30.2 Å². The number of nitrogens with zero attached hydrogens (tertiary/aromatic N) is 2. The summed E-state index contributed by atoms with van der Waals surface area (Å²) in [6, 6.07) is 0. The number of carbonyl (C=O) groups excluding carboxylic acids is 1. The average Bonchev–Trinajstić information content (AvgIpc) is 2.27. The molecule has 1 aliphatic carbocycles. The molecule has 0 amide bonds. The molecule has 6 nitrogen and oxygen atoms in total. The minimum Gasteiger partial charge on any atom is -0.465 e. The number of rotatable bonds is 3. The molecule has 0 aromatic carbocycles. The van der Waals surface area contributed by atoms with E-state index in [1.165, 1.54) is 7.11 Å². The van der Waals surface area contributed by atoms with E-state index in [1.54, 1.807) is 14.0 Å². The van der Waals surface area contributed by atoms with Crippen molar-refractivity contribution in [2.45, 2.75) is 31.8 Å². The number of anilines is 1. The molecule has 6 heteroatoms. The van der Waals surface area contributed by atoms with E-state index >= 15 is 0 Å². The van der Waals surface area contributed by atoms with Gasteiger partial charge in [-0.1, -0.05) is 0 Å². The topological polar surface area (TPSA) is 87.3 Å². The van der Waals surface area contributed by atoms with Crippen molar-refractivity contribution >= 4 is 11.8 Å². The van der Waals surface area contributed by atoms with Crippen LogP contribution in [0, 0.1) is 6.92 Å². The van der Waals surface area contributed by atoms with Crippen LogP contribution < -0.4 is 5.73 Å². The molecular formula is C12H17N3O3. The fourth-order valence-corrected chi connectivity index (χ4v) is 2.17. The molecule has 1 aliphatic rings. The molecule has 0 spiro atoms. The van der Waals surface area contributed by atoms with E-state index in [9.17, 15) is 4.79 Å². The van der Waals surface area contributed by atoms with E-state index in [1.807, 2.05) is 0 Å². The summed E-state index contributed by atoms with van der Waals surface area (Å²) < 4.78 is 10.2. The second kappa shape index (κ2) is 4.53. The Balaban J connectivity index is 2.45. The molecule has 1 heterocycles. The summed E-state index contributed by atoms with van der Waals surface area (Å²) in [6.07, 6.45) is 2.83. The monoisotopic (exact) mass is 251 g/mol. The Morgan fingerprint density at radius 1 is 1.33 bits per heavy atom. The van der Waals surface area contributed by atoms with Gasteiger partial charge in [-0.25, -0.2) is 14.8 Å². The maximum absolute atomic E-state index is 11.6. The first-order chi connectivity index (χ1) is 8.54. The normalized spacial score (nSPS) is 17.1. The molecule has 2 rings (SSSR count). The number of nitrogen functional groups attached to an aromatic ring is 1. The van der Waals surface area contributed by atoms with Crippen molar-refractivity contribution in [2.24, 2.45) is 0 Å². The molecule has 1 aromatic heterocycles. The Labute approximate surface area is 106 Å². The van der Waals surface area contributed by atoms with E-state index in [-0.39, 0.29) is 11.4 Å². The number of methoxy groups -OCH3 is 2. The van der Waals surface area contributed by atoms with Crippen LogP contribution in [0.3, 0.4) is 0 Å². The molecule has 1 fully saturated rings. The maximum atomic E-state index is 11.6. The smallest absolute Gasteiger partial charge is 0.343 e. The van der Waals surface area contributed by atoms with Crippen LogP contribution in [0.15, 0.2) is 0 Å². The Bertz CT molecular complexity index is 455.